The number of benzene rings is 1. The molecule has 0 aromatic heterocycles. The van der Waals surface area contributed by atoms with E-state index >= 15 is 0 Å². The normalized spacial score (nSPS) is 21.8. The average Bonchev–Trinajstić information content (AvgIpc) is 2.83. The largest absolute Gasteiger partial charge is 0.479 e. The maximum atomic E-state index is 13.5. The van der Waals surface area contributed by atoms with Crippen LogP contribution in [0.5, 0.6) is 5.75 Å². The number of hydrogen-bond acceptors (Lipinski definition) is 5. The Morgan fingerprint density at radius 1 is 1.29 bits per heavy atom. The standard InChI is InChI=1S/C16H25FN2O4Si/c1-16(2,3)24(4,5)23-15-10-18-9-14(15)22-13-8-11(17)6-7-12(13)19(20)21/h6-8,14-15,18H,9-10H2,1-5H3/t14-,15-/m1/s1. The number of hydrogen-bond donors (Lipinski definition) is 1. The molecular weight excluding hydrogens is 331 g/mol. The Morgan fingerprint density at radius 2 is 1.92 bits per heavy atom. The van der Waals surface area contributed by atoms with Crippen LogP contribution in [0.4, 0.5) is 10.1 Å². The highest BCUT2D eigenvalue weighted by Gasteiger charge is 2.43. The van der Waals surface area contributed by atoms with Crippen LogP contribution in [0, 0.1) is 15.9 Å². The van der Waals surface area contributed by atoms with E-state index in [0.717, 1.165) is 18.2 Å². The van der Waals surface area contributed by atoms with Crippen molar-refractivity contribution in [3.05, 3.63) is 34.1 Å². The lowest BCUT2D eigenvalue weighted by atomic mass is 10.2. The molecule has 1 fully saturated rings. The lowest BCUT2D eigenvalue weighted by Gasteiger charge is -2.39. The molecule has 0 bridgehead atoms. The van der Waals surface area contributed by atoms with Gasteiger partial charge in [-0.25, -0.2) is 4.39 Å². The molecule has 0 spiro atoms. The lowest BCUT2D eigenvalue weighted by molar-refractivity contribution is -0.386. The third-order valence-electron chi connectivity index (χ3n) is 4.75. The van der Waals surface area contributed by atoms with Gasteiger partial charge in [-0.2, -0.15) is 0 Å². The predicted octanol–water partition coefficient (Wildman–Crippen LogP) is 3.47. The number of ether oxygens (including phenoxy) is 1. The molecule has 2 rings (SSSR count). The van der Waals surface area contributed by atoms with Crippen LogP contribution in [0.1, 0.15) is 20.8 Å². The van der Waals surface area contributed by atoms with E-state index in [1.165, 1.54) is 0 Å². The Bertz CT molecular complexity index is 619. The van der Waals surface area contributed by atoms with Gasteiger partial charge in [0.2, 0.25) is 0 Å². The van der Waals surface area contributed by atoms with Crippen LogP contribution < -0.4 is 10.1 Å². The van der Waals surface area contributed by atoms with Gasteiger partial charge in [0.25, 0.3) is 0 Å². The Labute approximate surface area is 142 Å². The molecule has 1 aliphatic heterocycles. The summed E-state index contributed by atoms with van der Waals surface area (Å²) in [5.74, 6) is -0.624. The van der Waals surface area contributed by atoms with Gasteiger partial charge >= 0.3 is 5.69 Å². The fraction of sp³-hybridized carbons (Fsp3) is 0.625. The molecule has 1 aliphatic rings. The van der Waals surface area contributed by atoms with Crippen molar-refractivity contribution in [1.29, 1.82) is 0 Å². The van der Waals surface area contributed by atoms with Crippen molar-refractivity contribution < 1.29 is 18.5 Å². The van der Waals surface area contributed by atoms with E-state index in [4.69, 9.17) is 9.16 Å². The van der Waals surface area contributed by atoms with Gasteiger partial charge < -0.3 is 14.5 Å². The minimum absolute atomic E-state index is 0.0466. The van der Waals surface area contributed by atoms with Gasteiger partial charge in [0.15, 0.2) is 14.1 Å². The molecule has 0 radical (unpaired) electrons. The monoisotopic (exact) mass is 356 g/mol. The van der Waals surface area contributed by atoms with Crippen molar-refractivity contribution in [2.24, 2.45) is 0 Å². The van der Waals surface area contributed by atoms with Gasteiger partial charge in [0.1, 0.15) is 11.9 Å². The van der Waals surface area contributed by atoms with Crippen LogP contribution in [0.3, 0.4) is 0 Å². The summed E-state index contributed by atoms with van der Waals surface area (Å²) in [5.41, 5.74) is -0.241. The summed E-state index contributed by atoms with van der Waals surface area (Å²) in [6.45, 7) is 11.9. The summed E-state index contributed by atoms with van der Waals surface area (Å²) >= 11 is 0. The first-order valence-corrected chi connectivity index (χ1v) is 10.9. The summed E-state index contributed by atoms with van der Waals surface area (Å²) < 4.78 is 25.6. The molecular formula is C16H25FN2O4Si. The van der Waals surface area contributed by atoms with Gasteiger partial charge in [-0.05, 0) is 24.2 Å². The fourth-order valence-corrected chi connectivity index (χ4v) is 3.66. The van der Waals surface area contributed by atoms with Crippen molar-refractivity contribution >= 4 is 14.0 Å². The summed E-state index contributed by atoms with van der Waals surface area (Å²) in [6, 6.07) is 3.23. The van der Waals surface area contributed by atoms with E-state index in [0.29, 0.717) is 13.1 Å². The summed E-state index contributed by atoms with van der Waals surface area (Å²) in [4.78, 5) is 10.5. The first-order valence-electron chi connectivity index (χ1n) is 8.00. The van der Waals surface area contributed by atoms with Crippen LogP contribution in [-0.2, 0) is 4.43 Å². The molecule has 1 saturated heterocycles. The molecule has 1 N–H and O–H groups in total. The van der Waals surface area contributed by atoms with E-state index in [-0.39, 0.29) is 28.7 Å². The van der Waals surface area contributed by atoms with Crippen molar-refractivity contribution in [3.63, 3.8) is 0 Å². The predicted molar refractivity (Wildman–Crippen MR) is 92.4 cm³/mol. The Kier molecular flexibility index (Phi) is 5.31. The summed E-state index contributed by atoms with van der Waals surface area (Å²) in [6.07, 6.45) is -0.603. The fourth-order valence-electron chi connectivity index (χ4n) is 2.32. The van der Waals surface area contributed by atoms with E-state index in [2.05, 4.69) is 39.2 Å². The van der Waals surface area contributed by atoms with Crippen LogP contribution in [0.25, 0.3) is 0 Å². The molecule has 24 heavy (non-hydrogen) atoms. The zero-order chi connectivity index (χ0) is 18.1. The number of nitro benzene ring substituents is 1. The molecule has 1 aromatic rings. The molecule has 8 heteroatoms. The molecule has 0 saturated carbocycles. The SMILES string of the molecule is CC(C)(C)[Si](C)(C)O[C@@H]1CNC[C@H]1Oc1cc(F)ccc1[N+](=O)[O-]. The second-order valence-corrected chi connectivity index (χ2v) is 12.4. The highest BCUT2D eigenvalue weighted by Crippen LogP contribution is 2.38. The van der Waals surface area contributed by atoms with Crippen LogP contribution in [-0.4, -0.2) is 38.5 Å². The van der Waals surface area contributed by atoms with Crippen LogP contribution >= 0.6 is 0 Å². The molecule has 1 heterocycles. The topological polar surface area (TPSA) is 73.6 Å². The summed E-state index contributed by atoms with van der Waals surface area (Å²) in [7, 11) is -2.00. The lowest BCUT2D eigenvalue weighted by Crippen LogP contribution is -2.48. The number of nitrogens with one attached hydrogen (secondary N) is 1. The van der Waals surface area contributed by atoms with E-state index in [1.807, 2.05) is 0 Å². The highest BCUT2D eigenvalue weighted by molar-refractivity contribution is 6.74. The van der Waals surface area contributed by atoms with Crippen molar-refractivity contribution in [3.8, 4) is 5.75 Å². The van der Waals surface area contributed by atoms with Gasteiger partial charge in [0.05, 0.1) is 11.0 Å². The Balaban J connectivity index is 2.18. The van der Waals surface area contributed by atoms with Crippen LogP contribution in [0.15, 0.2) is 18.2 Å². The van der Waals surface area contributed by atoms with E-state index in [9.17, 15) is 14.5 Å². The smallest absolute Gasteiger partial charge is 0.311 e. The maximum Gasteiger partial charge on any atom is 0.311 e. The molecule has 6 nitrogen and oxygen atoms in total. The van der Waals surface area contributed by atoms with Gasteiger partial charge in [-0.1, -0.05) is 20.8 Å². The third kappa shape index (κ3) is 4.11. The number of rotatable bonds is 5. The third-order valence-corrected chi connectivity index (χ3v) is 9.26. The second-order valence-electron chi connectivity index (χ2n) is 7.60. The zero-order valence-electron chi connectivity index (χ0n) is 14.8. The molecule has 134 valence electrons. The Morgan fingerprint density at radius 3 is 2.50 bits per heavy atom. The number of halogens is 1. The molecule has 2 atom stereocenters. The summed E-state index contributed by atoms with van der Waals surface area (Å²) in [5, 5.41) is 14.3. The van der Waals surface area contributed by atoms with Gasteiger partial charge in [-0.3, -0.25) is 10.1 Å². The van der Waals surface area contributed by atoms with E-state index in [1.54, 1.807) is 0 Å². The second kappa shape index (κ2) is 6.77. The maximum absolute atomic E-state index is 13.5. The molecule has 0 aliphatic carbocycles. The van der Waals surface area contributed by atoms with Crippen molar-refractivity contribution in [1.82, 2.24) is 5.32 Å². The van der Waals surface area contributed by atoms with Crippen molar-refractivity contribution in [2.45, 2.75) is 51.1 Å². The quantitative estimate of drug-likeness (QED) is 0.497. The van der Waals surface area contributed by atoms with Crippen molar-refractivity contribution in [2.75, 3.05) is 13.1 Å². The molecule has 0 amide bonds. The Hall–Kier alpha value is -1.51. The number of nitrogens with zero attached hydrogens (tertiary/aromatic N) is 1. The minimum atomic E-state index is -2.00. The number of nitro groups is 1. The van der Waals surface area contributed by atoms with E-state index < -0.39 is 19.1 Å². The average molecular weight is 356 g/mol. The zero-order valence-corrected chi connectivity index (χ0v) is 15.8. The minimum Gasteiger partial charge on any atom is -0.479 e. The first kappa shape index (κ1) is 18.8. The van der Waals surface area contributed by atoms with Crippen LogP contribution in [0.2, 0.25) is 18.1 Å². The highest BCUT2D eigenvalue weighted by atomic mass is 28.4. The molecule has 1 aromatic carbocycles. The van der Waals surface area contributed by atoms with Gasteiger partial charge in [0, 0.05) is 25.2 Å². The molecule has 0 unspecified atom stereocenters. The first-order chi connectivity index (χ1) is 11.0. The van der Waals surface area contributed by atoms with Gasteiger partial charge in [-0.15, -0.1) is 0 Å².